The van der Waals surface area contributed by atoms with Crippen molar-refractivity contribution in [2.24, 2.45) is 0 Å². The monoisotopic (exact) mass is 696 g/mol. The highest BCUT2D eigenvalue weighted by molar-refractivity contribution is 8.29. The van der Waals surface area contributed by atoms with Gasteiger partial charge in [-0.2, -0.15) is 11.8 Å². The molecule has 6 nitrogen and oxygen atoms in total. The van der Waals surface area contributed by atoms with Gasteiger partial charge in [0.05, 0.1) is 35.6 Å². The van der Waals surface area contributed by atoms with Crippen molar-refractivity contribution >= 4 is 144 Å². The minimum absolute atomic E-state index is 0.0255. The fourth-order valence-corrected chi connectivity index (χ4v) is 13.9. The van der Waals surface area contributed by atoms with Crippen molar-refractivity contribution < 1.29 is 28.8 Å². The third-order valence-corrected chi connectivity index (χ3v) is 16.5. The Morgan fingerprint density at radius 3 is 1.49 bits per heavy atom. The van der Waals surface area contributed by atoms with E-state index in [1.807, 2.05) is 0 Å². The maximum atomic E-state index is 12.0. The van der Waals surface area contributed by atoms with E-state index in [9.17, 15) is 18.6 Å². The summed E-state index contributed by atoms with van der Waals surface area (Å²) in [6.07, 6.45) is 0. The molecule has 0 heterocycles. The van der Waals surface area contributed by atoms with Crippen molar-refractivity contribution in [3.63, 3.8) is 0 Å². The first-order valence-electron chi connectivity index (χ1n) is 10.1. The van der Waals surface area contributed by atoms with E-state index in [1.165, 1.54) is 70.6 Å². The average molecular weight is 697 g/mol. The van der Waals surface area contributed by atoms with Crippen molar-refractivity contribution in [3.8, 4) is 0 Å². The van der Waals surface area contributed by atoms with Gasteiger partial charge in [0.15, 0.2) is 15.3 Å². The Morgan fingerprint density at radius 2 is 1.00 bits per heavy atom. The van der Waals surface area contributed by atoms with E-state index in [0.29, 0.717) is 49.8 Å². The van der Waals surface area contributed by atoms with Crippen LogP contribution in [0.5, 0.6) is 0 Å². The zero-order valence-electron chi connectivity index (χ0n) is 19.1. The molecule has 0 aliphatic rings. The summed E-state index contributed by atoms with van der Waals surface area (Å²) < 4.78 is 12.0. The number of thioether (sulfide) groups is 10. The van der Waals surface area contributed by atoms with Crippen LogP contribution in [0, 0.1) is 0 Å². The molecule has 206 valence electrons. The van der Waals surface area contributed by atoms with Gasteiger partial charge in [0.25, 0.3) is 0 Å². The Balaban J connectivity index is 3.51. The molecule has 0 spiro atoms. The minimum Gasteiger partial charge on any atom is -0.396 e. The molecule has 0 aliphatic carbocycles. The second-order valence-electron chi connectivity index (χ2n) is 5.82. The highest BCUT2D eigenvalue weighted by atomic mass is 32.3. The predicted molar refractivity (Wildman–Crippen MR) is 177 cm³/mol. The van der Waals surface area contributed by atoms with Crippen LogP contribution >= 0.6 is 118 Å². The lowest BCUT2D eigenvalue weighted by Gasteiger charge is -2.04. The van der Waals surface area contributed by atoms with E-state index in [0.717, 1.165) is 21.0 Å². The molecule has 35 heavy (non-hydrogen) atoms. The second kappa shape index (κ2) is 29.6. The van der Waals surface area contributed by atoms with Crippen LogP contribution in [0.15, 0.2) is 0 Å². The highest BCUT2D eigenvalue weighted by Crippen LogP contribution is 2.22. The van der Waals surface area contributed by atoms with Gasteiger partial charge < -0.3 is 10.2 Å². The number of hydrogen-bond acceptors (Lipinski definition) is 16. The Bertz CT molecular complexity index is 585. The first-order valence-corrected chi connectivity index (χ1v) is 22.6. The van der Waals surface area contributed by atoms with E-state index in [1.54, 1.807) is 47.0 Å². The third kappa shape index (κ3) is 29.4. The lowest BCUT2D eigenvalue weighted by molar-refractivity contribution is -0.109. The molecule has 0 bridgehead atoms. The molecule has 2 N–H and O–H groups in total. The van der Waals surface area contributed by atoms with Crippen LogP contribution in [0.2, 0.25) is 0 Å². The molecule has 17 heteroatoms. The number of aliphatic hydroxyl groups excluding tert-OH is 2. The lowest BCUT2D eigenvalue weighted by atomic mass is 10.9. The van der Waals surface area contributed by atoms with Crippen LogP contribution in [0.3, 0.4) is 0 Å². The smallest absolute Gasteiger partial charge is 0.199 e. The van der Waals surface area contributed by atoms with Gasteiger partial charge in [0.2, 0.25) is 0 Å². The molecule has 0 aromatic rings. The summed E-state index contributed by atoms with van der Waals surface area (Å²) in [5, 5.41) is 21.8. The summed E-state index contributed by atoms with van der Waals surface area (Å²) in [7, 11) is -0.974. The van der Waals surface area contributed by atoms with E-state index in [2.05, 4.69) is 0 Å². The van der Waals surface area contributed by atoms with E-state index >= 15 is 0 Å². The third-order valence-electron chi connectivity index (χ3n) is 3.04. The number of rotatable bonds is 25. The number of carbonyl (C=O) groups is 3. The molecular formula is C18H32O6S11. The fourth-order valence-electron chi connectivity index (χ4n) is 1.59. The number of carbonyl (C=O) groups excluding carboxylic acids is 3. The zero-order valence-corrected chi connectivity index (χ0v) is 28.1. The molecule has 0 rings (SSSR count). The lowest BCUT2D eigenvalue weighted by Crippen LogP contribution is -2.05. The maximum absolute atomic E-state index is 12.0. The first-order chi connectivity index (χ1) is 17.0. The molecule has 0 amide bonds. The van der Waals surface area contributed by atoms with Gasteiger partial charge in [-0.1, -0.05) is 35.3 Å². The molecular weight excluding hydrogens is 665 g/mol. The van der Waals surface area contributed by atoms with Crippen molar-refractivity contribution in [2.75, 3.05) is 84.0 Å². The molecule has 1 atom stereocenters. The van der Waals surface area contributed by atoms with Gasteiger partial charge in [0.1, 0.15) is 0 Å². The van der Waals surface area contributed by atoms with Gasteiger partial charge >= 0.3 is 0 Å². The zero-order chi connectivity index (χ0) is 26.0. The quantitative estimate of drug-likeness (QED) is 0.104. The topological polar surface area (TPSA) is 109 Å². The van der Waals surface area contributed by atoms with Crippen LogP contribution in [-0.2, 0) is 25.2 Å². The molecule has 0 aromatic carbocycles. The Labute approximate surface area is 254 Å². The molecule has 0 aromatic heterocycles. The summed E-state index contributed by atoms with van der Waals surface area (Å²) in [6.45, 7) is 0.354. The van der Waals surface area contributed by atoms with Gasteiger partial charge in [-0.3, -0.25) is 18.6 Å². The SMILES string of the molecule is O=C(CSCCS(=O)CSCSC(=O)CSCC(=O)SCSCSCCO)SCSCSCCO. The summed E-state index contributed by atoms with van der Waals surface area (Å²) >= 11 is 14.7. The number of hydrogen-bond donors (Lipinski definition) is 2. The molecule has 0 fully saturated rings. The Hall–Kier alpha value is 2.58. The van der Waals surface area contributed by atoms with Gasteiger partial charge in [-0.05, 0) is 0 Å². The van der Waals surface area contributed by atoms with Gasteiger partial charge in [0, 0.05) is 59.2 Å². The number of aliphatic hydroxyl groups is 2. The van der Waals surface area contributed by atoms with Crippen LogP contribution < -0.4 is 0 Å². The first kappa shape index (κ1) is 37.6. The maximum Gasteiger partial charge on any atom is 0.199 e. The second-order valence-corrected chi connectivity index (χ2v) is 19.9. The highest BCUT2D eigenvalue weighted by Gasteiger charge is 2.09. The van der Waals surface area contributed by atoms with E-state index in [4.69, 9.17) is 10.2 Å². The van der Waals surface area contributed by atoms with E-state index < -0.39 is 10.8 Å². The molecule has 0 saturated heterocycles. The molecule has 1 unspecified atom stereocenters. The normalized spacial score (nSPS) is 12.1. The van der Waals surface area contributed by atoms with Crippen LogP contribution in [0.4, 0.5) is 0 Å². The van der Waals surface area contributed by atoms with E-state index in [-0.39, 0.29) is 28.6 Å². The van der Waals surface area contributed by atoms with Crippen molar-refractivity contribution in [3.05, 3.63) is 0 Å². The van der Waals surface area contributed by atoms with Crippen molar-refractivity contribution in [1.82, 2.24) is 0 Å². The minimum atomic E-state index is -0.974. The van der Waals surface area contributed by atoms with Gasteiger partial charge in [-0.15, -0.1) is 70.6 Å². The van der Waals surface area contributed by atoms with Crippen molar-refractivity contribution in [2.45, 2.75) is 0 Å². The molecule has 0 aliphatic heterocycles. The Kier molecular flexibility index (Phi) is 31.7. The van der Waals surface area contributed by atoms with Crippen LogP contribution in [-0.4, -0.2) is 114 Å². The van der Waals surface area contributed by atoms with Gasteiger partial charge in [-0.25, -0.2) is 0 Å². The van der Waals surface area contributed by atoms with Crippen LogP contribution in [0.25, 0.3) is 0 Å². The summed E-state index contributed by atoms with van der Waals surface area (Å²) in [5.74, 6) is 3.68. The summed E-state index contributed by atoms with van der Waals surface area (Å²) in [4.78, 5) is 35.5. The summed E-state index contributed by atoms with van der Waals surface area (Å²) in [6, 6.07) is 0. The largest absolute Gasteiger partial charge is 0.396 e. The standard InChI is InChI=1S/C18H32O6S11/c19-1-3-26-10-29-12-32-16(21)7-25-5-6-35(24)15-31-14-34-18(23)9-28-8-17(22)33-13-30-11-27-4-2-20/h19-20H,1-15H2. The van der Waals surface area contributed by atoms with Crippen molar-refractivity contribution in [1.29, 1.82) is 0 Å². The summed E-state index contributed by atoms with van der Waals surface area (Å²) in [5.41, 5.74) is 0. The average Bonchev–Trinajstić information content (AvgIpc) is 2.84. The Morgan fingerprint density at radius 1 is 0.543 bits per heavy atom. The fraction of sp³-hybridized carbons (Fsp3) is 0.833. The van der Waals surface area contributed by atoms with Crippen LogP contribution in [0.1, 0.15) is 0 Å². The molecule has 0 radical (unpaired) electrons. The molecule has 0 saturated carbocycles. The predicted octanol–water partition coefficient (Wildman–Crippen LogP) is 4.38.